The lowest BCUT2D eigenvalue weighted by molar-refractivity contribution is -0.113. The molecule has 1 N–H and O–H groups in total. The number of carbonyl (C=O) groups excluding carboxylic acids is 1. The minimum Gasteiger partial charge on any atom is -0.301 e. The second-order valence-electron chi connectivity index (χ2n) is 4.01. The van der Waals surface area contributed by atoms with Crippen molar-refractivity contribution < 1.29 is 4.79 Å². The van der Waals surface area contributed by atoms with Crippen LogP contribution in [-0.2, 0) is 4.79 Å². The van der Waals surface area contributed by atoms with Crippen molar-refractivity contribution in [2.75, 3.05) is 16.8 Å². The number of thiazole rings is 1. The third-order valence-corrected chi connectivity index (χ3v) is 4.67. The molecule has 0 saturated heterocycles. The zero-order chi connectivity index (χ0) is 15.2. The smallest absolute Gasteiger partial charge is 0.236 e. The van der Waals surface area contributed by atoms with Gasteiger partial charge in [-0.1, -0.05) is 29.3 Å². The number of nitrogens with zero attached hydrogens (tertiary/aromatic N) is 1. The van der Waals surface area contributed by atoms with Gasteiger partial charge in [-0.25, -0.2) is 4.98 Å². The fraction of sp³-hybridized carbons (Fsp3) is 0.143. The number of nitrogens with one attached hydrogen (secondary N) is 1. The van der Waals surface area contributed by atoms with Gasteiger partial charge in [0.05, 0.1) is 16.5 Å². The standard InChI is InChI=1S/C14H12Cl2N2OS2/c1-2-5-20-8-13(19)18-14-17-12(7-21-14)10-4-3-9(15)6-11(10)16/h2-4,6-7H,1,5,8H2,(H,17,18,19). The summed E-state index contributed by atoms with van der Waals surface area (Å²) >= 11 is 14.9. The number of aromatic nitrogens is 1. The average Bonchev–Trinajstić information content (AvgIpc) is 2.87. The van der Waals surface area contributed by atoms with E-state index in [0.717, 1.165) is 17.0 Å². The van der Waals surface area contributed by atoms with Crippen molar-refractivity contribution in [3.8, 4) is 11.3 Å². The highest BCUT2D eigenvalue weighted by atomic mass is 35.5. The van der Waals surface area contributed by atoms with Crippen molar-refractivity contribution in [1.29, 1.82) is 0 Å². The molecule has 0 saturated carbocycles. The molecule has 1 amide bonds. The maximum absolute atomic E-state index is 11.7. The molecule has 2 aromatic rings. The van der Waals surface area contributed by atoms with Gasteiger partial charge in [0.2, 0.25) is 5.91 Å². The van der Waals surface area contributed by atoms with Crippen LogP contribution in [-0.4, -0.2) is 22.4 Å². The Hall–Kier alpha value is -1.01. The molecule has 21 heavy (non-hydrogen) atoms. The van der Waals surface area contributed by atoms with Gasteiger partial charge in [0.15, 0.2) is 5.13 Å². The van der Waals surface area contributed by atoms with Crippen molar-refractivity contribution in [2.45, 2.75) is 0 Å². The minimum atomic E-state index is -0.0787. The first-order chi connectivity index (χ1) is 10.1. The Bertz CT molecular complexity index is 658. The Morgan fingerprint density at radius 3 is 3.00 bits per heavy atom. The molecule has 0 fully saturated rings. The Morgan fingerprint density at radius 2 is 2.29 bits per heavy atom. The van der Waals surface area contributed by atoms with Crippen LogP contribution in [0.3, 0.4) is 0 Å². The topological polar surface area (TPSA) is 42.0 Å². The second-order valence-corrected chi connectivity index (χ2v) is 6.75. The summed E-state index contributed by atoms with van der Waals surface area (Å²) in [5.41, 5.74) is 1.51. The van der Waals surface area contributed by atoms with Gasteiger partial charge in [-0.2, -0.15) is 0 Å². The molecule has 0 bridgehead atoms. The van der Waals surface area contributed by atoms with Crippen LogP contribution in [0.5, 0.6) is 0 Å². The molecule has 110 valence electrons. The maximum atomic E-state index is 11.7. The van der Waals surface area contributed by atoms with Crippen LogP contribution in [0.15, 0.2) is 36.2 Å². The predicted octanol–water partition coefficient (Wildman–Crippen LogP) is 4.97. The third kappa shape index (κ3) is 4.74. The number of hydrogen-bond donors (Lipinski definition) is 1. The summed E-state index contributed by atoms with van der Waals surface area (Å²) in [5.74, 6) is 1.05. The molecule has 3 nitrogen and oxygen atoms in total. The number of thioether (sulfide) groups is 1. The zero-order valence-electron chi connectivity index (χ0n) is 10.9. The van der Waals surface area contributed by atoms with Crippen LogP contribution in [0, 0.1) is 0 Å². The van der Waals surface area contributed by atoms with Gasteiger partial charge in [-0.15, -0.1) is 29.7 Å². The number of rotatable bonds is 6. The van der Waals surface area contributed by atoms with E-state index in [1.165, 1.54) is 23.1 Å². The summed E-state index contributed by atoms with van der Waals surface area (Å²) in [6, 6.07) is 5.24. The van der Waals surface area contributed by atoms with E-state index in [2.05, 4.69) is 16.9 Å². The molecular weight excluding hydrogens is 347 g/mol. The van der Waals surface area contributed by atoms with E-state index in [1.54, 1.807) is 18.2 Å². The Kier molecular flexibility index (Phi) is 6.11. The molecule has 0 atom stereocenters. The quantitative estimate of drug-likeness (QED) is 0.585. The highest BCUT2D eigenvalue weighted by molar-refractivity contribution is 8.00. The summed E-state index contributed by atoms with van der Waals surface area (Å²) in [6.45, 7) is 3.61. The zero-order valence-corrected chi connectivity index (χ0v) is 14.1. The lowest BCUT2D eigenvalue weighted by atomic mass is 10.2. The van der Waals surface area contributed by atoms with Crippen LogP contribution < -0.4 is 5.32 Å². The third-order valence-electron chi connectivity index (χ3n) is 2.43. The number of halogens is 2. The molecule has 0 radical (unpaired) electrons. The van der Waals surface area contributed by atoms with E-state index in [9.17, 15) is 4.79 Å². The van der Waals surface area contributed by atoms with Crippen molar-refractivity contribution >= 4 is 57.3 Å². The maximum Gasteiger partial charge on any atom is 0.236 e. The highest BCUT2D eigenvalue weighted by Gasteiger charge is 2.10. The van der Waals surface area contributed by atoms with Gasteiger partial charge >= 0.3 is 0 Å². The fourth-order valence-electron chi connectivity index (χ4n) is 1.54. The molecule has 1 aromatic carbocycles. The first kappa shape index (κ1) is 16.4. The summed E-state index contributed by atoms with van der Waals surface area (Å²) in [4.78, 5) is 16.1. The molecule has 0 aliphatic carbocycles. The van der Waals surface area contributed by atoms with Crippen LogP contribution >= 0.6 is 46.3 Å². The van der Waals surface area contributed by atoms with E-state index in [-0.39, 0.29) is 5.91 Å². The van der Waals surface area contributed by atoms with Gasteiger partial charge in [0, 0.05) is 21.7 Å². The first-order valence-corrected chi connectivity index (χ1v) is 8.78. The number of benzene rings is 1. The first-order valence-electron chi connectivity index (χ1n) is 5.99. The molecule has 0 unspecified atom stereocenters. The van der Waals surface area contributed by atoms with E-state index >= 15 is 0 Å². The van der Waals surface area contributed by atoms with Crippen molar-refractivity contribution in [3.63, 3.8) is 0 Å². The number of amides is 1. The lowest BCUT2D eigenvalue weighted by Gasteiger charge is -2.02. The number of anilines is 1. The molecule has 0 aliphatic heterocycles. The van der Waals surface area contributed by atoms with E-state index in [1.807, 2.05) is 11.4 Å². The Labute approximate surface area is 141 Å². The largest absolute Gasteiger partial charge is 0.301 e. The second kappa shape index (κ2) is 7.84. The molecule has 2 rings (SSSR count). The van der Waals surface area contributed by atoms with Crippen LogP contribution in [0.1, 0.15) is 0 Å². The summed E-state index contributed by atoms with van der Waals surface area (Å²) in [6.07, 6.45) is 1.77. The number of carbonyl (C=O) groups is 1. The Morgan fingerprint density at radius 1 is 1.48 bits per heavy atom. The molecule has 0 spiro atoms. The average molecular weight is 359 g/mol. The van der Waals surface area contributed by atoms with E-state index in [0.29, 0.717) is 20.9 Å². The molecular formula is C14H12Cl2N2OS2. The summed E-state index contributed by atoms with van der Waals surface area (Å²) in [7, 11) is 0. The van der Waals surface area contributed by atoms with Gasteiger partial charge < -0.3 is 5.32 Å². The lowest BCUT2D eigenvalue weighted by Crippen LogP contribution is -2.13. The molecule has 1 aromatic heterocycles. The Balaban J connectivity index is 2.04. The van der Waals surface area contributed by atoms with E-state index in [4.69, 9.17) is 23.2 Å². The summed E-state index contributed by atoms with van der Waals surface area (Å²) in [5, 5.41) is 6.28. The molecule has 1 heterocycles. The van der Waals surface area contributed by atoms with Crippen molar-refractivity contribution in [3.05, 3.63) is 46.3 Å². The van der Waals surface area contributed by atoms with Crippen molar-refractivity contribution in [2.24, 2.45) is 0 Å². The van der Waals surface area contributed by atoms with Gasteiger partial charge in [-0.3, -0.25) is 4.79 Å². The SMILES string of the molecule is C=CCSCC(=O)Nc1nc(-c2ccc(Cl)cc2Cl)cs1. The van der Waals surface area contributed by atoms with E-state index < -0.39 is 0 Å². The molecule has 0 aliphatic rings. The van der Waals surface area contributed by atoms with Crippen molar-refractivity contribution in [1.82, 2.24) is 4.98 Å². The monoisotopic (exact) mass is 358 g/mol. The highest BCUT2D eigenvalue weighted by Crippen LogP contribution is 2.32. The van der Waals surface area contributed by atoms with Crippen LogP contribution in [0.2, 0.25) is 10.0 Å². The minimum absolute atomic E-state index is 0.0787. The van der Waals surface area contributed by atoms with Gasteiger partial charge in [0.1, 0.15) is 0 Å². The normalized spacial score (nSPS) is 10.4. The molecule has 7 heteroatoms. The van der Waals surface area contributed by atoms with Gasteiger partial charge in [0.25, 0.3) is 0 Å². The predicted molar refractivity (Wildman–Crippen MR) is 93.7 cm³/mol. The van der Waals surface area contributed by atoms with Gasteiger partial charge in [-0.05, 0) is 18.2 Å². The fourth-order valence-corrected chi connectivity index (χ4v) is 3.32. The number of hydrogen-bond acceptors (Lipinski definition) is 4. The summed E-state index contributed by atoms with van der Waals surface area (Å²) < 4.78 is 0. The van der Waals surface area contributed by atoms with Crippen LogP contribution in [0.25, 0.3) is 11.3 Å². The van der Waals surface area contributed by atoms with Crippen LogP contribution in [0.4, 0.5) is 5.13 Å².